The van der Waals surface area contributed by atoms with E-state index in [1.807, 2.05) is 60.8 Å². The first-order valence-electron chi connectivity index (χ1n) is 30.8. The van der Waals surface area contributed by atoms with Gasteiger partial charge in [-0.1, -0.05) is 279 Å². The monoisotopic (exact) mass is 1010 g/mol. The lowest BCUT2D eigenvalue weighted by molar-refractivity contribution is -0.167. The Hall–Kier alpha value is -3.67. The average molecular weight is 1020 g/mol. The van der Waals surface area contributed by atoms with E-state index >= 15 is 0 Å². The zero-order valence-electron chi connectivity index (χ0n) is 47.9. The van der Waals surface area contributed by atoms with Gasteiger partial charge in [-0.3, -0.25) is 14.4 Å². The van der Waals surface area contributed by atoms with Crippen LogP contribution in [0.25, 0.3) is 0 Å². The third-order valence-electron chi connectivity index (χ3n) is 13.2. The molecule has 73 heavy (non-hydrogen) atoms. The van der Waals surface area contributed by atoms with Crippen LogP contribution in [0, 0.1) is 0 Å². The minimum Gasteiger partial charge on any atom is -0.462 e. The number of esters is 3. The van der Waals surface area contributed by atoms with Gasteiger partial charge in [0.15, 0.2) is 6.10 Å². The van der Waals surface area contributed by atoms with Crippen molar-refractivity contribution in [2.75, 3.05) is 13.2 Å². The number of rotatable bonds is 55. The Labute approximate surface area is 451 Å². The lowest BCUT2D eigenvalue weighted by atomic mass is 10.1. The van der Waals surface area contributed by atoms with Crippen LogP contribution in [-0.4, -0.2) is 37.2 Å². The number of allylic oxidation sites excluding steroid dienone is 16. The highest BCUT2D eigenvalue weighted by molar-refractivity contribution is 5.71. The molecule has 0 aliphatic carbocycles. The van der Waals surface area contributed by atoms with Gasteiger partial charge in [-0.15, -0.1) is 0 Å². The molecule has 6 heteroatoms. The third-order valence-corrected chi connectivity index (χ3v) is 13.2. The van der Waals surface area contributed by atoms with E-state index < -0.39 is 6.10 Å². The molecule has 0 saturated heterocycles. The summed E-state index contributed by atoms with van der Waals surface area (Å²) in [6.45, 7) is 6.47. The zero-order valence-corrected chi connectivity index (χ0v) is 47.9. The van der Waals surface area contributed by atoms with Crippen molar-refractivity contribution in [2.45, 2.75) is 297 Å². The van der Waals surface area contributed by atoms with Crippen LogP contribution in [0.1, 0.15) is 290 Å². The van der Waals surface area contributed by atoms with Crippen LogP contribution in [0.4, 0.5) is 0 Å². The molecule has 6 nitrogen and oxygen atoms in total. The van der Waals surface area contributed by atoms with Crippen molar-refractivity contribution in [3.63, 3.8) is 0 Å². The van der Waals surface area contributed by atoms with Gasteiger partial charge in [-0.25, -0.2) is 0 Å². The molecular formula is C67H114O6. The molecular weight excluding hydrogens is 901 g/mol. The molecule has 0 spiro atoms. The number of hydrogen-bond donors (Lipinski definition) is 0. The highest BCUT2D eigenvalue weighted by atomic mass is 16.6. The van der Waals surface area contributed by atoms with Gasteiger partial charge in [0.1, 0.15) is 13.2 Å². The van der Waals surface area contributed by atoms with E-state index in [-0.39, 0.29) is 31.1 Å². The molecule has 0 aliphatic heterocycles. The van der Waals surface area contributed by atoms with Crippen LogP contribution in [0.5, 0.6) is 0 Å². The van der Waals surface area contributed by atoms with Crippen molar-refractivity contribution >= 4 is 17.9 Å². The van der Waals surface area contributed by atoms with Gasteiger partial charge in [0.25, 0.3) is 0 Å². The number of hydrogen-bond acceptors (Lipinski definition) is 6. The van der Waals surface area contributed by atoms with Gasteiger partial charge in [-0.05, 0) is 89.9 Å². The van der Waals surface area contributed by atoms with E-state index in [1.54, 1.807) is 0 Å². The van der Waals surface area contributed by atoms with Gasteiger partial charge >= 0.3 is 17.9 Å². The first-order valence-corrected chi connectivity index (χ1v) is 30.8. The number of unbranched alkanes of at least 4 members (excludes halogenated alkanes) is 33. The van der Waals surface area contributed by atoms with Gasteiger partial charge in [0.2, 0.25) is 0 Å². The average Bonchev–Trinajstić information content (AvgIpc) is 3.39. The molecule has 0 saturated carbocycles. The fourth-order valence-electron chi connectivity index (χ4n) is 8.58. The first kappa shape index (κ1) is 69.3. The van der Waals surface area contributed by atoms with Crippen molar-refractivity contribution in [3.8, 4) is 0 Å². The zero-order chi connectivity index (χ0) is 52.9. The molecule has 1 unspecified atom stereocenters. The summed E-state index contributed by atoms with van der Waals surface area (Å²) in [6.07, 6.45) is 81.2. The number of carbonyl (C=O) groups is 3. The molecule has 0 aromatic heterocycles. The largest absolute Gasteiger partial charge is 0.462 e. The van der Waals surface area contributed by atoms with Gasteiger partial charge in [0.05, 0.1) is 0 Å². The second-order valence-corrected chi connectivity index (χ2v) is 20.4. The lowest BCUT2D eigenvalue weighted by Gasteiger charge is -2.18. The lowest BCUT2D eigenvalue weighted by Crippen LogP contribution is -2.30. The minimum atomic E-state index is -0.802. The Kier molecular flexibility index (Phi) is 57.8. The Morgan fingerprint density at radius 2 is 0.548 bits per heavy atom. The molecule has 0 aromatic rings. The van der Waals surface area contributed by atoms with Crippen LogP contribution >= 0.6 is 0 Å². The third kappa shape index (κ3) is 59.1. The second kappa shape index (κ2) is 60.9. The predicted octanol–water partition coefficient (Wildman–Crippen LogP) is 20.9. The summed E-state index contributed by atoms with van der Waals surface area (Å²) in [4.78, 5) is 38.3. The maximum Gasteiger partial charge on any atom is 0.306 e. The van der Waals surface area contributed by atoms with Gasteiger partial charge in [0, 0.05) is 19.3 Å². The molecule has 0 rings (SSSR count). The molecule has 0 N–H and O–H groups in total. The predicted molar refractivity (Wildman–Crippen MR) is 316 cm³/mol. The normalized spacial score (nSPS) is 12.8. The second-order valence-electron chi connectivity index (χ2n) is 20.4. The fourth-order valence-corrected chi connectivity index (χ4v) is 8.58. The molecule has 0 bridgehead atoms. The van der Waals surface area contributed by atoms with E-state index in [0.717, 1.165) is 70.6 Å². The highest BCUT2D eigenvalue weighted by Gasteiger charge is 2.19. The smallest absolute Gasteiger partial charge is 0.306 e. The molecule has 418 valence electrons. The topological polar surface area (TPSA) is 78.9 Å². The Bertz CT molecular complexity index is 1440. The summed E-state index contributed by atoms with van der Waals surface area (Å²) in [5, 5.41) is 0. The quantitative estimate of drug-likeness (QED) is 0.0199. The summed E-state index contributed by atoms with van der Waals surface area (Å²) >= 11 is 0. The van der Waals surface area contributed by atoms with E-state index in [1.165, 1.54) is 180 Å². The van der Waals surface area contributed by atoms with Crippen molar-refractivity contribution in [1.82, 2.24) is 0 Å². The highest BCUT2D eigenvalue weighted by Crippen LogP contribution is 2.16. The summed E-state index contributed by atoms with van der Waals surface area (Å²) in [7, 11) is 0. The molecule has 0 aliphatic rings. The molecule has 0 aromatic carbocycles. The molecule has 0 amide bonds. The van der Waals surface area contributed by atoms with Crippen LogP contribution in [-0.2, 0) is 28.6 Å². The summed E-state index contributed by atoms with van der Waals surface area (Å²) in [6, 6.07) is 0. The van der Waals surface area contributed by atoms with Crippen LogP contribution < -0.4 is 0 Å². The van der Waals surface area contributed by atoms with Gasteiger partial charge < -0.3 is 14.2 Å². The molecule has 1 atom stereocenters. The first-order chi connectivity index (χ1) is 36.0. The Balaban J connectivity index is 4.46. The van der Waals surface area contributed by atoms with E-state index in [0.29, 0.717) is 19.3 Å². The van der Waals surface area contributed by atoms with E-state index in [4.69, 9.17) is 14.2 Å². The SMILES string of the molecule is CC\C=C/C=C\C=C/C=C\C=C\C=C/CCCCCC(=O)OCC(COC(=O)CCCCCCCCC/C=C\CCCCCCCCCC)OC(=O)CCCCCCCCC/C=C\CCCCCCCCCC. The minimum absolute atomic E-state index is 0.0959. The van der Waals surface area contributed by atoms with Crippen molar-refractivity contribution < 1.29 is 28.6 Å². The van der Waals surface area contributed by atoms with E-state index in [9.17, 15) is 14.4 Å². The maximum absolute atomic E-state index is 12.9. The summed E-state index contributed by atoms with van der Waals surface area (Å²) < 4.78 is 16.9. The van der Waals surface area contributed by atoms with E-state index in [2.05, 4.69) is 57.2 Å². The Morgan fingerprint density at radius 1 is 0.288 bits per heavy atom. The molecule has 0 heterocycles. The summed E-state index contributed by atoms with van der Waals surface area (Å²) in [5.74, 6) is -0.941. The summed E-state index contributed by atoms with van der Waals surface area (Å²) in [5.41, 5.74) is 0. The number of carbonyl (C=O) groups excluding carboxylic acids is 3. The van der Waals surface area contributed by atoms with Crippen molar-refractivity contribution in [2.24, 2.45) is 0 Å². The number of ether oxygens (including phenoxy) is 3. The molecule has 0 radical (unpaired) electrons. The maximum atomic E-state index is 12.9. The van der Waals surface area contributed by atoms with Crippen molar-refractivity contribution in [3.05, 3.63) is 97.2 Å². The standard InChI is InChI=1S/C67H114O6/c1-4-7-10-13-16-19-22-25-28-31-33-36-39-42-45-48-51-54-57-60-66(69)72-63-64(62-71-65(68)59-56-53-50-47-44-41-38-35-30-27-24-21-18-15-12-9-6-3)73-67(70)61-58-55-52-49-46-43-40-37-34-32-29-26-23-20-17-14-11-8-5-2/h9,12,15,18,21,24,27,30-35,38,41,44,64H,4-8,10-11,13-14,16-17,19-20,22-23,25-26,28-29,36-37,39-40,42-43,45-63H2,1-3H3/b12-9-,18-15-,24-21-,30-27-,33-31-,34-32-,38-35+,44-41-. The van der Waals surface area contributed by atoms with Crippen LogP contribution in [0.15, 0.2) is 97.2 Å². The molecule has 0 fully saturated rings. The van der Waals surface area contributed by atoms with Gasteiger partial charge in [-0.2, -0.15) is 0 Å². The van der Waals surface area contributed by atoms with Crippen LogP contribution in [0.2, 0.25) is 0 Å². The Morgan fingerprint density at radius 3 is 0.890 bits per heavy atom. The van der Waals surface area contributed by atoms with Crippen molar-refractivity contribution in [1.29, 1.82) is 0 Å². The van der Waals surface area contributed by atoms with Crippen LogP contribution in [0.3, 0.4) is 0 Å². The fraction of sp³-hybridized carbons (Fsp3) is 0.716.